The van der Waals surface area contributed by atoms with Crippen LogP contribution >= 0.6 is 34.0 Å². The summed E-state index contributed by atoms with van der Waals surface area (Å²) < 4.78 is 1.38. The van der Waals surface area contributed by atoms with Crippen LogP contribution in [0.15, 0.2) is 46.1 Å². The molecular weight excluding hydrogens is 398 g/mol. The lowest BCUT2D eigenvalue weighted by molar-refractivity contribution is -0.122. The fraction of sp³-hybridized carbons (Fsp3) is 0.211. The smallest absolute Gasteiger partial charge is 0.263 e. The Labute approximate surface area is 167 Å². The highest BCUT2D eigenvalue weighted by Gasteiger charge is 2.16. The number of nitrogens with zero attached hydrogens (tertiary/aromatic N) is 2. The van der Waals surface area contributed by atoms with Gasteiger partial charge in [0.1, 0.15) is 11.4 Å². The maximum absolute atomic E-state index is 13.0. The summed E-state index contributed by atoms with van der Waals surface area (Å²) >= 11 is 4.69. The van der Waals surface area contributed by atoms with Crippen molar-refractivity contribution >= 4 is 50.1 Å². The molecule has 5 nitrogen and oxygen atoms in total. The van der Waals surface area contributed by atoms with E-state index in [1.807, 2.05) is 48.9 Å². The normalized spacial score (nSPS) is 12.4. The van der Waals surface area contributed by atoms with Gasteiger partial charge in [-0.15, -0.1) is 34.0 Å². The Morgan fingerprint density at radius 2 is 2.15 bits per heavy atom. The average molecular weight is 416 g/mol. The maximum Gasteiger partial charge on any atom is 0.263 e. The van der Waals surface area contributed by atoms with E-state index in [4.69, 9.17) is 0 Å². The molecule has 4 aromatic rings. The first-order chi connectivity index (χ1) is 13.0. The van der Waals surface area contributed by atoms with Gasteiger partial charge in [-0.2, -0.15) is 0 Å². The Bertz CT molecular complexity index is 1150. The second-order valence-electron chi connectivity index (χ2n) is 6.22. The van der Waals surface area contributed by atoms with E-state index in [1.54, 1.807) is 22.7 Å². The summed E-state index contributed by atoms with van der Waals surface area (Å²) in [5.74, 6) is -0.206. The third-order valence-corrected chi connectivity index (χ3v) is 7.20. The van der Waals surface area contributed by atoms with Crippen LogP contribution in [0.4, 0.5) is 0 Å². The predicted octanol–water partition coefficient (Wildman–Crippen LogP) is 4.43. The van der Waals surface area contributed by atoms with E-state index in [2.05, 4.69) is 10.3 Å². The quantitative estimate of drug-likeness (QED) is 0.524. The number of thiophene rings is 3. The number of hydrogen-bond donors (Lipinski definition) is 1. The van der Waals surface area contributed by atoms with Gasteiger partial charge in [0.05, 0.1) is 17.8 Å². The van der Waals surface area contributed by atoms with E-state index in [0.29, 0.717) is 10.2 Å². The van der Waals surface area contributed by atoms with Gasteiger partial charge in [-0.3, -0.25) is 14.2 Å². The second kappa shape index (κ2) is 7.38. The van der Waals surface area contributed by atoms with Crippen molar-refractivity contribution in [3.63, 3.8) is 0 Å². The summed E-state index contributed by atoms with van der Waals surface area (Å²) in [7, 11) is 0. The Balaban J connectivity index is 1.62. The molecule has 27 heavy (non-hydrogen) atoms. The Morgan fingerprint density at radius 1 is 1.30 bits per heavy atom. The third-order valence-electron chi connectivity index (χ3n) is 4.23. The first-order valence-electron chi connectivity index (χ1n) is 8.39. The largest absolute Gasteiger partial charge is 0.347 e. The average Bonchev–Trinajstić information content (AvgIpc) is 3.37. The third kappa shape index (κ3) is 3.60. The van der Waals surface area contributed by atoms with Gasteiger partial charge in [0.25, 0.3) is 5.56 Å². The standard InChI is InChI=1S/C19H17N3O2S3/c1-11-5-6-15(27-11)13-9-26-18-17(13)19(24)22(10-20-18)8-16(23)21-12(2)14-4-3-7-25-14/h3-7,9-10,12H,8H2,1-2H3,(H,21,23)/t12-/m0/s1. The molecule has 0 aliphatic rings. The Morgan fingerprint density at radius 3 is 2.85 bits per heavy atom. The molecule has 0 aromatic carbocycles. The van der Waals surface area contributed by atoms with Crippen LogP contribution in [0.25, 0.3) is 20.7 Å². The lowest BCUT2D eigenvalue weighted by atomic mass is 10.2. The molecule has 4 rings (SSSR count). The summed E-state index contributed by atoms with van der Waals surface area (Å²) in [4.78, 5) is 33.8. The number of carbonyl (C=O) groups is 1. The maximum atomic E-state index is 13.0. The van der Waals surface area contributed by atoms with E-state index < -0.39 is 0 Å². The van der Waals surface area contributed by atoms with Gasteiger partial charge in [-0.05, 0) is 37.4 Å². The summed E-state index contributed by atoms with van der Waals surface area (Å²) in [6, 6.07) is 7.91. The number of carbonyl (C=O) groups excluding carboxylic acids is 1. The molecule has 0 saturated carbocycles. The summed E-state index contributed by atoms with van der Waals surface area (Å²) in [6.45, 7) is 3.93. The van der Waals surface area contributed by atoms with Crippen LogP contribution in [0, 0.1) is 6.92 Å². The zero-order chi connectivity index (χ0) is 19.0. The van der Waals surface area contributed by atoms with Gasteiger partial charge in [0, 0.05) is 25.6 Å². The van der Waals surface area contributed by atoms with Crippen molar-refractivity contribution in [3.05, 3.63) is 61.5 Å². The van der Waals surface area contributed by atoms with Crippen molar-refractivity contribution in [2.75, 3.05) is 0 Å². The van der Waals surface area contributed by atoms with Gasteiger partial charge in [-0.1, -0.05) is 6.07 Å². The summed E-state index contributed by atoms with van der Waals surface area (Å²) in [5, 5.41) is 7.47. The fourth-order valence-electron chi connectivity index (χ4n) is 2.89. The lowest BCUT2D eigenvalue weighted by Gasteiger charge is -2.13. The summed E-state index contributed by atoms with van der Waals surface area (Å²) in [5.41, 5.74) is 0.716. The molecule has 4 aromatic heterocycles. The van der Waals surface area contributed by atoms with Crippen molar-refractivity contribution in [3.8, 4) is 10.4 Å². The molecule has 0 aliphatic heterocycles. The van der Waals surface area contributed by atoms with Crippen molar-refractivity contribution in [1.29, 1.82) is 0 Å². The van der Waals surface area contributed by atoms with E-state index in [9.17, 15) is 9.59 Å². The van der Waals surface area contributed by atoms with E-state index in [-0.39, 0.29) is 24.1 Å². The fourth-order valence-corrected chi connectivity index (χ4v) is 5.49. The van der Waals surface area contributed by atoms with E-state index in [1.165, 1.54) is 27.1 Å². The van der Waals surface area contributed by atoms with Crippen molar-refractivity contribution in [2.24, 2.45) is 0 Å². The first-order valence-corrected chi connectivity index (χ1v) is 11.0. The molecule has 0 aliphatic carbocycles. The molecule has 1 N–H and O–H groups in total. The number of hydrogen-bond acceptors (Lipinski definition) is 6. The minimum absolute atomic E-state index is 0.0454. The molecular formula is C19H17N3O2S3. The Hall–Kier alpha value is -2.29. The number of rotatable bonds is 5. The lowest BCUT2D eigenvalue weighted by Crippen LogP contribution is -2.33. The molecule has 1 atom stereocenters. The molecule has 138 valence electrons. The second-order valence-corrected chi connectivity index (χ2v) is 9.35. The number of fused-ring (bicyclic) bond motifs is 1. The molecule has 8 heteroatoms. The minimum Gasteiger partial charge on any atom is -0.347 e. The van der Waals surface area contributed by atoms with Crippen molar-refractivity contribution in [1.82, 2.24) is 14.9 Å². The highest BCUT2D eigenvalue weighted by Crippen LogP contribution is 2.34. The van der Waals surface area contributed by atoms with Gasteiger partial charge >= 0.3 is 0 Å². The van der Waals surface area contributed by atoms with E-state index in [0.717, 1.165) is 15.3 Å². The molecule has 4 heterocycles. The zero-order valence-corrected chi connectivity index (χ0v) is 17.2. The van der Waals surface area contributed by atoms with Gasteiger partial charge in [-0.25, -0.2) is 4.98 Å². The molecule has 0 radical (unpaired) electrons. The van der Waals surface area contributed by atoms with Crippen LogP contribution in [0.5, 0.6) is 0 Å². The SMILES string of the molecule is Cc1ccc(-c2csc3ncn(CC(=O)N[C@@H](C)c4cccs4)c(=O)c23)s1. The van der Waals surface area contributed by atoms with Gasteiger partial charge < -0.3 is 5.32 Å². The van der Waals surface area contributed by atoms with Gasteiger partial charge in [0.15, 0.2) is 0 Å². The van der Waals surface area contributed by atoms with Crippen LogP contribution in [-0.2, 0) is 11.3 Å². The van der Waals surface area contributed by atoms with Crippen LogP contribution in [-0.4, -0.2) is 15.5 Å². The van der Waals surface area contributed by atoms with Crippen LogP contribution in [0.2, 0.25) is 0 Å². The topological polar surface area (TPSA) is 64.0 Å². The summed E-state index contributed by atoms with van der Waals surface area (Å²) in [6.07, 6.45) is 1.46. The highest BCUT2D eigenvalue weighted by molar-refractivity contribution is 7.19. The van der Waals surface area contributed by atoms with E-state index >= 15 is 0 Å². The van der Waals surface area contributed by atoms with Crippen LogP contribution in [0.3, 0.4) is 0 Å². The van der Waals surface area contributed by atoms with Gasteiger partial charge in [0.2, 0.25) is 5.91 Å². The zero-order valence-electron chi connectivity index (χ0n) is 14.8. The number of nitrogens with one attached hydrogen (secondary N) is 1. The molecule has 1 amide bonds. The molecule has 0 spiro atoms. The minimum atomic E-state index is -0.206. The number of aryl methyl sites for hydroxylation is 1. The molecule has 0 saturated heterocycles. The van der Waals surface area contributed by atoms with Crippen LogP contribution < -0.4 is 10.9 Å². The predicted molar refractivity (Wildman–Crippen MR) is 113 cm³/mol. The van der Waals surface area contributed by atoms with Crippen molar-refractivity contribution in [2.45, 2.75) is 26.4 Å². The number of amides is 1. The molecule has 0 bridgehead atoms. The Kier molecular flexibility index (Phi) is 4.94. The molecule has 0 unspecified atom stereocenters. The monoisotopic (exact) mass is 415 g/mol. The first kappa shape index (κ1) is 18.1. The van der Waals surface area contributed by atoms with Crippen LogP contribution in [0.1, 0.15) is 22.7 Å². The molecule has 0 fully saturated rings. The highest BCUT2D eigenvalue weighted by atomic mass is 32.1. The number of aromatic nitrogens is 2. The van der Waals surface area contributed by atoms with Crippen molar-refractivity contribution < 1.29 is 4.79 Å².